The molecule has 0 unspecified atom stereocenters. The third-order valence-electron chi connectivity index (χ3n) is 5.44. The minimum absolute atomic E-state index is 0.142. The molecule has 154 valence electrons. The van der Waals surface area contributed by atoms with Crippen LogP contribution in [-0.2, 0) is 20.0 Å². The molecule has 30 heavy (non-hydrogen) atoms. The molecule has 1 fully saturated rings. The highest BCUT2D eigenvalue weighted by atomic mass is 32.2. The summed E-state index contributed by atoms with van der Waals surface area (Å²) in [5.74, 6) is 0.0647. The summed E-state index contributed by atoms with van der Waals surface area (Å²) in [4.78, 5) is 25.8. The van der Waals surface area contributed by atoms with Crippen LogP contribution in [0.2, 0.25) is 0 Å². The van der Waals surface area contributed by atoms with Crippen molar-refractivity contribution in [2.75, 3.05) is 17.3 Å². The summed E-state index contributed by atoms with van der Waals surface area (Å²) >= 11 is 0. The number of hydrogen-bond donors (Lipinski definition) is 2. The molecule has 1 saturated carbocycles. The minimum Gasteiger partial charge on any atom is -0.368 e. The van der Waals surface area contributed by atoms with Crippen LogP contribution in [0.15, 0.2) is 59.9 Å². The Morgan fingerprint density at radius 3 is 2.10 bits per heavy atom. The Balaban J connectivity index is 1.54. The normalized spacial score (nSPS) is 15.2. The minimum atomic E-state index is -3.28. The molecule has 9 heteroatoms. The molecular formula is C21H21N5O3S. The first-order valence-electron chi connectivity index (χ1n) is 9.44. The molecule has 0 radical (unpaired) electrons. The molecule has 4 rings (SSSR count). The van der Waals surface area contributed by atoms with Gasteiger partial charge in [-0.15, -0.1) is 0 Å². The first-order valence-corrected chi connectivity index (χ1v) is 11.3. The highest BCUT2D eigenvalue weighted by Gasteiger charge is 2.46. The maximum atomic E-state index is 13.1. The third-order valence-corrected chi connectivity index (χ3v) is 6.57. The first-order chi connectivity index (χ1) is 14.3. The van der Waals surface area contributed by atoms with Crippen LogP contribution >= 0.6 is 0 Å². The SMILES string of the molecule is CS(=O)(=O)c1ccc(NC(=O)C2(c3ccc(-c4cnc(N)nc4)cn3)CCC2)cc1. The van der Waals surface area contributed by atoms with Crippen LogP contribution in [0.25, 0.3) is 11.1 Å². The quantitative estimate of drug-likeness (QED) is 0.645. The summed E-state index contributed by atoms with van der Waals surface area (Å²) in [5.41, 5.74) is 7.73. The van der Waals surface area contributed by atoms with E-state index < -0.39 is 15.3 Å². The zero-order chi connectivity index (χ0) is 21.4. The number of amides is 1. The maximum absolute atomic E-state index is 13.1. The van der Waals surface area contributed by atoms with Crippen molar-refractivity contribution in [2.45, 2.75) is 29.6 Å². The lowest BCUT2D eigenvalue weighted by Crippen LogP contribution is -2.46. The topological polar surface area (TPSA) is 128 Å². The van der Waals surface area contributed by atoms with Crippen LogP contribution in [0.4, 0.5) is 11.6 Å². The average molecular weight is 423 g/mol. The van der Waals surface area contributed by atoms with Gasteiger partial charge in [-0.2, -0.15) is 0 Å². The number of benzene rings is 1. The van der Waals surface area contributed by atoms with Crippen LogP contribution in [0.1, 0.15) is 25.0 Å². The van der Waals surface area contributed by atoms with Crippen molar-refractivity contribution in [1.82, 2.24) is 15.0 Å². The fourth-order valence-corrected chi connectivity index (χ4v) is 4.13. The number of sulfone groups is 1. The standard InChI is InChI=1S/C21H21N5O3S/c1-30(28,29)17-6-4-16(5-7-17)26-19(27)21(9-2-10-21)18-8-3-14(11-23-18)15-12-24-20(22)25-13-15/h3-8,11-13H,2,9-10H2,1H3,(H,26,27)(H2,22,24,25). The van der Waals surface area contributed by atoms with E-state index in [0.29, 0.717) is 24.2 Å². The van der Waals surface area contributed by atoms with Gasteiger partial charge < -0.3 is 11.1 Å². The Morgan fingerprint density at radius 2 is 1.60 bits per heavy atom. The molecule has 2 aromatic heterocycles. The van der Waals surface area contributed by atoms with E-state index in [1.54, 1.807) is 30.7 Å². The van der Waals surface area contributed by atoms with Gasteiger partial charge in [-0.05, 0) is 43.2 Å². The third kappa shape index (κ3) is 3.76. The Morgan fingerprint density at radius 1 is 0.967 bits per heavy atom. The second-order valence-electron chi connectivity index (χ2n) is 7.45. The van der Waals surface area contributed by atoms with Gasteiger partial charge in [0, 0.05) is 41.7 Å². The van der Waals surface area contributed by atoms with Crippen LogP contribution in [0.5, 0.6) is 0 Å². The number of hydrogen-bond acceptors (Lipinski definition) is 7. The van der Waals surface area contributed by atoms with E-state index in [1.165, 1.54) is 12.1 Å². The number of aromatic nitrogens is 3. The lowest BCUT2D eigenvalue weighted by molar-refractivity contribution is -0.124. The van der Waals surface area contributed by atoms with Crippen LogP contribution < -0.4 is 11.1 Å². The molecule has 0 atom stereocenters. The molecule has 3 N–H and O–H groups in total. The van der Waals surface area contributed by atoms with Crippen molar-refractivity contribution < 1.29 is 13.2 Å². The monoisotopic (exact) mass is 423 g/mol. The van der Waals surface area contributed by atoms with Gasteiger partial charge in [-0.1, -0.05) is 12.5 Å². The summed E-state index contributed by atoms with van der Waals surface area (Å²) in [6.45, 7) is 0. The fourth-order valence-electron chi connectivity index (χ4n) is 3.50. The number of nitrogens with one attached hydrogen (secondary N) is 1. The van der Waals surface area contributed by atoms with Crippen molar-refractivity contribution in [3.63, 3.8) is 0 Å². The van der Waals surface area contributed by atoms with Gasteiger partial charge in [-0.3, -0.25) is 9.78 Å². The molecule has 1 amide bonds. The van der Waals surface area contributed by atoms with Crippen LogP contribution in [-0.4, -0.2) is 35.5 Å². The fraction of sp³-hybridized carbons (Fsp3) is 0.238. The Labute approximate surface area is 174 Å². The molecule has 0 spiro atoms. The smallest absolute Gasteiger partial charge is 0.236 e. The molecule has 2 heterocycles. The van der Waals surface area contributed by atoms with Gasteiger partial charge in [-0.25, -0.2) is 18.4 Å². The van der Waals surface area contributed by atoms with Crippen molar-refractivity contribution >= 4 is 27.4 Å². The van der Waals surface area contributed by atoms with E-state index in [2.05, 4.69) is 20.3 Å². The molecule has 8 nitrogen and oxygen atoms in total. The Kier molecular flexibility index (Phi) is 4.98. The average Bonchev–Trinajstić information content (AvgIpc) is 2.68. The van der Waals surface area contributed by atoms with Gasteiger partial charge in [0.2, 0.25) is 11.9 Å². The lowest BCUT2D eigenvalue weighted by atomic mass is 9.65. The molecule has 1 aliphatic carbocycles. The second-order valence-corrected chi connectivity index (χ2v) is 9.46. The summed E-state index contributed by atoms with van der Waals surface area (Å²) in [6.07, 6.45) is 8.47. The Bertz CT molecular complexity index is 1170. The van der Waals surface area contributed by atoms with Crippen molar-refractivity contribution in [1.29, 1.82) is 0 Å². The Hall–Kier alpha value is -3.33. The zero-order valence-electron chi connectivity index (χ0n) is 16.4. The highest BCUT2D eigenvalue weighted by Crippen LogP contribution is 2.44. The highest BCUT2D eigenvalue weighted by molar-refractivity contribution is 7.90. The van der Waals surface area contributed by atoms with E-state index in [1.807, 2.05) is 12.1 Å². The van der Waals surface area contributed by atoms with Crippen LogP contribution in [0.3, 0.4) is 0 Å². The lowest BCUT2D eigenvalue weighted by Gasteiger charge is -2.39. The largest absolute Gasteiger partial charge is 0.368 e. The first kappa shape index (κ1) is 20.0. The molecule has 0 aliphatic heterocycles. The van der Waals surface area contributed by atoms with Gasteiger partial charge >= 0.3 is 0 Å². The van der Waals surface area contributed by atoms with Crippen LogP contribution in [0, 0.1) is 0 Å². The van der Waals surface area contributed by atoms with Gasteiger partial charge in [0.05, 0.1) is 16.0 Å². The maximum Gasteiger partial charge on any atom is 0.236 e. The zero-order valence-corrected chi connectivity index (χ0v) is 17.2. The molecule has 1 aliphatic rings. The van der Waals surface area contributed by atoms with E-state index in [-0.39, 0.29) is 16.8 Å². The number of nitrogens with two attached hydrogens (primary N) is 1. The molecule has 3 aromatic rings. The summed E-state index contributed by atoms with van der Waals surface area (Å²) in [5, 5.41) is 2.91. The number of pyridine rings is 1. The number of nitrogens with zero attached hydrogens (tertiary/aromatic N) is 3. The van der Waals surface area contributed by atoms with E-state index in [4.69, 9.17) is 5.73 Å². The van der Waals surface area contributed by atoms with Crippen molar-refractivity contribution in [3.05, 3.63) is 60.7 Å². The number of carbonyl (C=O) groups is 1. The molecule has 1 aromatic carbocycles. The summed E-state index contributed by atoms with van der Waals surface area (Å²) < 4.78 is 23.2. The van der Waals surface area contributed by atoms with E-state index in [9.17, 15) is 13.2 Å². The molecule has 0 bridgehead atoms. The number of anilines is 2. The second kappa shape index (κ2) is 7.49. The van der Waals surface area contributed by atoms with E-state index in [0.717, 1.165) is 23.8 Å². The van der Waals surface area contributed by atoms with Gasteiger partial charge in [0.15, 0.2) is 9.84 Å². The molecular weight excluding hydrogens is 402 g/mol. The predicted molar refractivity (Wildman–Crippen MR) is 113 cm³/mol. The van der Waals surface area contributed by atoms with Gasteiger partial charge in [0.25, 0.3) is 0 Å². The van der Waals surface area contributed by atoms with Crippen molar-refractivity contribution in [3.8, 4) is 11.1 Å². The predicted octanol–water partition coefficient (Wildman–Crippen LogP) is 2.58. The molecule has 0 saturated heterocycles. The summed E-state index contributed by atoms with van der Waals surface area (Å²) in [6, 6.07) is 9.92. The summed E-state index contributed by atoms with van der Waals surface area (Å²) in [7, 11) is -3.28. The number of carbonyl (C=O) groups excluding carboxylic acids is 1. The van der Waals surface area contributed by atoms with E-state index >= 15 is 0 Å². The number of rotatable bonds is 5. The van der Waals surface area contributed by atoms with Gasteiger partial charge in [0.1, 0.15) is 0 Å². The van der Waals surface area contributed by atoms with Crippen molar-refractivity contribution in [2.24, 2.45) is 0 Å². The number of nitrogen functional groups attached to an aromatic ring is 1.